The number of carbonyl (C=O) groups is 1. The predicted molar refractivity (Wildman–Crippen MR) is 125 cm³/mol. The Morgan fingerprint density at radius 1 is 1.42 bits per heavy atom. The Hall–Kier alpha value is -2.34. The minimum atomic E-state index is -0.198. The lowest BCUT2D eigenvalue weighted by atomic mass is 9.89. The van der Waals surface area contributed by atoms with E-state index >= 15 is 0 Å². The number of benzene rings is 1. The third-order valence-electron chi connectivity index (χ3n) is 5.27. The number of carbonyl (C=O) groups excluding carboxylic acids is 1. The number of rotatable bonds is 6. The molecule has 2 heterocycles. The highest BCUT2D eigenvalue weighted by Gasteiger charge is 2.25. The molecule has 0 fully saturated rings. The fraction of sp³-hybridized carbons (Fsp3) is 0.364. The van der Waals surface area contributed by atoms with Gasteiger partial charge in [-0.25, -0.2) is 4.98 Å². The number of nitrogens with zero attached hydrogens (tertiary/aromatic N) is 3. The lowest BCUT2D eigenvalue weighted by molar-refractivity contribution is -0.118. The van der Waals surface area contributed by atoms with E-state index in [1.165, 1.54) is 16.6 Å². The van der Waals surface area contributed by atoms with Crippen molar-refractivity contribution in [1.82, 2.24) is 14.9 Å². The van der Waals surface area contributed by atoms with Gasteiger partial charge in [-0.15, -0.1) is 11.3 Å². The van der Waals surface area contributed by atoms with Gasteiger partial charge in [0.2, 0.25) is 5.91 Å². The molecular formula is C22H21ClN4O2S2. The number of aromatic nitrogens is 2. The first kappa shape index (κ1) is 21.9. The van der Waals surface area contributed by atoms with Crippen LogP contribution in [-0.4, -0.2) is 27.8 Å². The maximum absolute atomic E-state index is 13.7. The Morgan fingerprint density at radius 3 is 2.94 bits per heavy atom. The van der Waals surface area contributed by atoms with E-state index in [9.17, 15) is 9.59 Å². The molecule has 1 aliphatic carbocycles. The third kappa shape index (κ3) is 4.64. The second-order valence-electron chi connectivity index (χ2n) is 7.59. The SMILES string of the molecule is CC1CCc2c(sc3nc(SCC(=O)NCCC#N)n(-c4ccc(Cl)cc4)c(=O)c23)C1. The Bertz CT molecular complexity index is 1230. The summed E-state index contributed by atoms with van der Waals surface area (Å²) < 4.78 is 1.58. The summed E-state index contributed by atoms with van der Waals surface area (Å²) in [5.41, 5.74) is 1.69. The van der Waals surface area contributed by atoms with Crippen molar-refractivity contribution in [3.63, 3.8) is 0 Å². The zero-order valence-corrected chi connectivity index (χ0v) is 19.4. The van der Waals surface area contributed by atoms with E-state index in [0.29, 0.717) is 33.7 Å². The predicted octanol–water partition coefficient (Wildman–Crippen LogP) is 4.35. The van der Waals surface area contributed by atoms with Gasteiger partial charge in [0.25, 0.3) is 5.56 Å². The average Bonchev–Trinajstić information content (AvgIpc) is 3.11. The first-order valence-corrected chi connectivity index (χ1v) is 12.3. The number of thioether (sulfide) groups is 1. The Morgan fingerprint density at radius 2 is 2.19 bits per heavy atom. The van der Waals surface area contributed by atoms with Crippen molar-refractivity contribution < 1.29 is 4.79 Å². The van der Waals surface area contributed by atoms with Gasteiger partial charge in [0.1, 0.15) is 4.83 Å². The van der Waals surface area contributed by atoms with E-state index in [0.717, 1.165) is 29.7 Å². The lowest BCUT2D eigenvalue weighted by Gasteiger charge is -2.17. The summed E-state index contributed by atoms with van der Waals surface area (Å²) in [4.78, 5) is 32.6. The van der Waals surface area contributed by atoms with Crippen molar-refractivity contribution in [3.8, 4) is 11.8 Å². The molecule has 4 rings (SSSR count). The zero-order valence-electron chi connectivity index (χ0n) is 17.0. The second-order valence-corrected chi connectivity index (χ2v) is 10.1. The van der Waals surface area contributed by atoms with Gasteiger partial charge < -0.3 is 5.32 Å². The van der Waals surface area contributed by atoms with Crippen molar-refractivity contribution in [2.24, 2.45) is 5.92 Å². The van der Waals surface area contributed by atoms with Crippen LogP contribution >= 0.6 is 34.7 Å². The number of nitriles is 1. The number of aryl methyl sites for hydroxylation is 1. The summed E-state index contributed by atoms with van der Waals surface area (Å²) in [6, 6.07) is 9.05. The highest BCUT2D eigenvalue weighted by Crippen LogP contribution is 2.37. The van der Waals surface area contributed by atoms with E-state index < -0.39 is 0 Å². The summed E-state index contributed by atoms with van der Waals surface area (Å²) in [6.07, 6.45) is 3.19. The number of fused-ring (bicyclic) bond motifs is 3. The van der Waals surface area contributed by atoms with Crippen molar-refractivity contribution in [1.29, 1.82) is 5.26 Å². The summed E-state index contributed by atoms with van der Waals surface area (Å²) in [5.74, 6) is 0.514. The molecule has 0 radical (unpaired) electrons. The molecule has 0 saturated heterocycles. The molecule has 160 valence electrons. The van der Waals surface area contributed by atoms with Crippen LogP contribution in [-0.2, 0) is 17.6 Å². The van der Waals surface area contributed by atoms with E-state index in [1.807, 2.05) is 6.07 Å². The van der Waals surface area contributed by atoms with Gasteiger partial charge in [-0.1, -0.05) is 30.3 Å². The highest BCUT2D eigenvalue weighted by atomic mass is 35.5. The van der Waals surface area contributed by atoms with Crippen LogP contribution in [0.5, 0.6) is 0 Å². The van der Waals surface area contributed by atoms with Gasteiger partial charge in [-0.2, -0.15) is 5.26 Å². The largest absolute Gasteiger partial charge is 0.354 e. The van der Waals surface area contributed by atoms with E-state index in [1.54, 1.807) is 40.2 Å². The summed E-state index contributed by atoms with van der Waals surface area (Å²) in [6.45, 7) is 2.54. The van der Waals surface area contributed by atoms with Gasteiger partial charge in [0.05, 0.1) is 29.3 Å². The monoisotopic (exact) mass is 472 g/mol. The molecule has 1 aliphatic rings. The van der Waals surface area contributed by atoms with Gasteiger partial charge in [0, 0.05) is 16.4 Å². The van der Waals surface area contributed by atoms with Crippen LogP contribution in [0.2, 0.25) is 5.02 Å². The number of nitrogens with one attached hydrogen (secondary N) is 1. The van der Waals surface area contributed by atoms with E-state index in [2.05, 4.69) is 12.2 Å². The standard InChI is InChI=1S/C22H21ClN4O2S2/c1-13-3-8-16-17(11-13)31-20-19(16)21(29)27(15-6-4-14(23)5-7-15)22(26-20)30-12-18(28)25-10-2-9-24/h4-7,13H,2-3,8,10-12H2,1H3,(H,25,28). The molecule has 1 amide bonds. The maximum Gasteiger partial charge on any atom is 0.267 e. The normalized spacial score (nSPS) is 15.5. The van der Waals surface area contributed by atoms with Gasteiger partial charge >= 0.3 is 0 Å². The molecule has 0 aliphatic heterocycles. The zero-order chi connectivity index (χ0) is 22.0. The van der Waals surface area contributed by atoms with Crippen LogP contribution in [0, 0.1) is 17.2 Å². The van der Waals surface area contributed by atoms with Crippen LogP contribution in [0.15, 0.2) is 34.2 Å². The number of hydrogen-bond acceptors (Lipinski definition) is 6. The van der Waals surface area contributed by atoms with Crippen LogP contribution in [0.3, 0.4) is 0 Å². The first-order chi connectivity index (χ1) is 15.0. The van der Waals surface area contributed by atoms with E-state index in [4.69, 9.17) is 21.8 Å². The minimum absolute atomic E-state index is 0.105. The van der Waals surface area contributed by atoms with Crippen LogP contribution < -0.4 is 10.9 Å². The molecule has 0 bridgehead atoms. The number of amides is 1. The second kappa shape index (κ2) is 9.43. The molecule has 9 heteroatoms. The van der Waals surface area contributed by atoms with Crippen LogP contribution in [0.1, 0.15) is 30.2 Å². The van der Waals surface area contributed by atoms with Crippen molar-refractivity contribution in [2.75, 3.05) is 12.3 Å². The molecule has 0 spiro atoms. The fourth-order valence-corrected chi connectivity index (χ4v) is 6.12. The highest BCUT2D eigenvalue weighted by molar-refractivity contribution is 7.99. The molecule has 6 nitrogen and oxygen atoms in total. The molecule has 2 aromatic heterocycles. The minimum Gasteiger partial charge on any atom is -0.354 e. The summed E-state index contributed by atoms with van der Waals surface area (Å²) in [5, 5.41) is 13.1. The van der Waals surface area contributed by atoms with Gasteiger partial charge in [0.15, 0.2) is 5.16 Å². The lowest BCUT2D eigenvalue weighted by Crippen LogP contribution is -2.27. The summed E-state index contributed by atoms with van der Waals surface area (Å²) in [7, 11) is 0. The van der Waals surface area contributed by atoms with Crippen LogP contribution in [0.4, 0.5) is 0 Å². The molecular weight excluding hydrogens is 452 g/mol. The molecule has 1 N–H and O–H groups in total. The third-order valence-corrected chi connectivity index (χ3v) is 7.61. The van der Waals surface area contributed by atoms with E-state index in [-0.39, 0.29) is 23.6 Å². The fourth-order valence-electron chi connectivity index (χ4n) is 3.72. The maximum atomic E-state index is 13.7. The quantitative estimate of drug-likeness (QED) is 0.327. The van der Waals surface area contributed by atoms with Crippen LogP contribution in [0.25, 0.3) is 15.9 Å². The molecule has 31 heavy (non-hydrogen) atoms. The Balaban J connectivity index is 1.77. The molecule has 1 atom stereocenters. The number of hydrogen-bond donors (Lipinski definition) is 1. The Kier molecular flexibility index (Phi) is 6.65. The first-order valence-electron chi connectivity index (χ1n) is 10.1. The Labute approximate surface area is 193 Å². The summed E-state index contributed by atoms with van der Waals surface area (Å²) >= 11 is 8.86. The van der Waals surface area contributed by atoms with Gasteiger partial charge in [-0.05, 0) is 55.0 Å². The molecule has 3 aromatic rings. The van der Waals surface area contributed by atoms with Crippen molar-refractivity contribution >= 4 is 50.8 Å². The van der Waals surface area contributed by atoms with Gasteiger partial charge in [-0.3, -0.25) is 14.2 Å². The van der Waals surface area contributed by atoms with Crippen molar-refractivity contribution in [2.45, 2.75) is 37.8 Å². The molecule has 1 unspecified atom stereocenters. The topological polar surface area (TPSA) is 87.8 Å². The molecule has 0 saturated carbocycles. The smallest absolute Gasteiger partial charge is 0.267 e. The number of halogens is 1. The van der Waals surface area contributed by atoms with Crippen molar-refractivity contribution in [3.05, 3.63) is 50.1 Å². The average molecular weight is 473 g/mol. The molecule has 1 aromatic carbocycles. The number of thiophene rings is 1.